The lowest BCUT2D eigenvalue weighted by Gasteiger charge is -2.09. The first-order valence-electron chi connectivity index (χ1n) is 6.21. The number of nitrogens with one attached hydrogen (secondary N) is 1. The second-order valence-electron chi connectivity index (χ2n) is 4.25. The summed E-state index contributed by atoms with van der Waals surface area (Å²) in [5.41, 5.74) is 0.647. The molecule has 0 radical (unpaired) electrons. The van der Waals surface area contributed by atoms with E-state index in [4.69, 9.17) is 10.0 Å². The number of amides is 1. The first-order valence-corrected chi connectivity index (χ1v) is 6.21. The molecule has 0 saturated carbocycles. The van der Waals surface area contributed by atoms with E-state index in [1.807, 2.05) is 30.3 Å². The molecule has 21 heavy (non-hydrogen) atoms. The van der Waals surface area contributed by atoms with Gasteiger partial charge in [0.15, 0.2) is 0 Å². The van der Waals surface area contributed by atoms with E-state index < -0.39 is 19.0 Å². The van der Waals surface area contributed by atoms with Crippen LogP contribution in [-0.2, 0) is 6.54 Å². The van der Waals surface area contributed by atoms with Gasteiger partial charge in [-0.3, -0.25) is 4.79 Å². The molecule has 108 valence electrons. The van der Waals surface area contributed by atoms with Crippen LogP contribution in [0, 0.1) is 5.82 Å². The van der Waals surface area contributed by atoms with Crippen molar-refractivity contribution in [2.45, 2.75) is 6.54 Å². The van der Waals surface area contributed by atoms with Crippen molar-refractivity contribution in [1.82, 2.24) is 5.32 Å². The highest BCUT2D eigenvalue weighted by Gasteiger charge is 2.16. The van der Waals surface area contributed by atoms with Gasteiger partial charge in [0.1, 0.15) is 11.6 Å². The van der Waals surface area contributed by atoms with Crippen molar-refractivity contribution in [2.75, 3.05) is 0 Å². The van der Waals surface area contributed by atoms with Gasteiger partial charge in [-0.25, -0.2) is 4.39 Å². The van der Waals surface area contributed by atoms with Gasteiger partial charge in [0, 0.05) is 6.54 Å². The van der Waals surface area contributed by atoms with Gasteiger partial charge in [-0.1, -0.05) is 30.3 Å². The van der Waals surface area contributed by atoms with Crippen LogP contribution < -0.4 is 9.97 Å². The fraction of sp³-hybridized carbons (Fsp3) is 0.0714. The minimum Gasteiger partial charge on any atom is -0.512 e. The maximum Gasteiger partial charge on any atom is 0.707 e. The second kappa shape index (κ2) is 6.87. The van der Waals surface area contributed by atoms with Crippen LogP contribution in [0.2, 0.25) is 0 Å². The zero-order valence-electron chi connectivity index (χ0n) is 11.0. The summed E-state index contributed by atoms with van der Waals surface area (Å²) in [6.07, 6.45) is 0. The monoisotopic (exact) mass is 289 g/mol. The second-order valence-corrected chi connectivity index (χ2v) is 4.25. The van der Waals surface area contributed by atoms with Gasteiger partial charge in [-0.15, -0.1) is 0 Å². The zero-order valence-corrected chi connectivity index (χ0v) is 11.0. The van der Waals surface area contributed by atoms with Crippen LogP contribution in [0.25, 0.3) is 0 Å². The molecule has 0 atom stereocenters. The standard InChI is InChI=1S/C14H13BFNO4/c16-13-7-6-11(21-15(19)20)8-12(13)14(18)17-9-10-4-2-1-3-5-10/h1-8,19-20H,9H2,(H,17,18). The third kappa shape index (κ3) is 4.30. The molecule has 2 aromatic carbocycles. The normalized spacial score (nSPS) is 10.0. The molecule has 2 aromatic rings. The number of benzene rings is 2. The average molecular weight is 289 g/mol. The lowest BCUT2D eigenvalue weighted by molar-refractivity contribution is 0.0946. The van der Waals surface area contributed by atoms with Crippen LogP contribution in [-0.4, -0.2) is 23.3 Å². The van der Waals surface area contributed by atoms with Gasteiger partial charge in [-0.05, 0) is 23.8 Å². The summed E-state index contributed by atoms with van der Waals surface area (Å²) in [7, 11) is -2.03. The van der Waals surface area contributed by atoms with Gasteiger partial charge >= 0.3 is 7.32 Å². The Balaban J connectivity index is 2.07. The minimum absolute atomic E-state index is 0.0174. The number of rotatable bonds is 5. The van der Waals surface area contributed by atoms with Crippen molar-refractivity contribution in [3.05, 3.63) is 65.5 Å². The molecule has 0 spiro atoms. The molecule has 2 rings (SSSR count). The topological polar surface area (TPSA) is 78.8 Å². The highest BCUT2D eigenvalue weighted by atomic mass is 19.1. The van der Waals surface area contributed by atoms with Gasteiger partial charge in [0.2, 0.25) is 0 Å². The molecule has 3 N–H and O–H groups in total. The highest BCUT2D eigenvalue weighted by molar-refractivity contribution is 6.33. The molecule has 7 heteroatoms. The van der Waals surface area contributed by atoms with Crippen LogP contribution in [0.3, 0.4) is 0 Å². The summed E-state index contributed by atoms with van der Waals surface area (Å²) in [6.45, 7) is 0.257. The van der Waals surface area contributed by atoms with Crippen LogP contribution in [0.4, 0.5) is 4.39 Å². The Kier molecular flexibility index (Phi) is 4.92. The molecular weight excluding hydrogens is 276 g/mol. The Labute approximate surface area is 121 Å². The number of hydrogen-bond acceptors (Lipinski definition) is 4. The fourth-order valence-corrected chi connectivity index (χ4v) is 1.75. The highest BCUT2D eigenvalue weighted by Crippen LogP contribution is 2.17. The first-order chi connectivity index (χ1) is 10.1. The predicted octanol–water partition coefficient (Wildman–Crippen LogP) is 1.10. The molecule has 0 saturated heterocycles. The number of carbonyl (C=O) groups is 1. The van der Waals surface area contributed by atoms with E-state index in [9.17, 15) is 9.18 Å². The molecule has 0 heterocycles. The van der Waals surface area contributed by atoms with Crippen molar-refractivity contribution in [3.8, 4) is 5.75 Å². The molecular formula is C14H13BFNO4. The first kappa shape index (κ1) is 15.0. The van der Waals surface area contributed by atoms with Crippen LogP contribution in [0.15, 0.2) is 48.5 Å². The molecule has 0 aromatic heterocycles. The van der Waals surface area contributed by atoms with E-state index in [1.54, 1.807) is 0 Å². The maximum absolute atomic E-state index is 13.6. The summed E-state index contributed by atoms with van der Waals surface area (Å²) in [4.78, 5) is 11.9. The predicted molar refractivity (Wildman–Crippen MR) is 74.8 cm³/mol. The fourth-order valence-electron chi connectivity index (χ4n) is 1.75. The molecule has 0 aliphatic rings. The molecule has 0 bridgehead atoms. The molecule has 1 amide bonds. The van der Waals surface area contributed by atoms with E-state index in [1.165, 1.54) is 6.07 Å². The third-order valence-electron chi connectivity index (χ3n) is 2.72. The van der Waals surface area contributed by atoms with Crippen LogP contribution in [0.5, 0.6) is 5.75 Å². The van der Waals surface area contributed by atoms with Gasteiger partial charge in [0.05, 0.1) is 5.56 Å². The number of halogens is 1. The Morgan fingerprint density at radius 3 is 2.57 bits per heavy atom. The molecule has 0 fully saturated rings. The third-order valence-corrected chi connectivity index (χ3v) is 2.72. The summed E-state index contributed by atoms with van der Waals surface area (Å²) < 4.78 is 18.2. The quantitative estimate of drug-likeness (QED) is 0.720. The van der Waals surface area contributed by atoms with Gasteiger partial charge < -0.3 is 20.0 Å². The Morgan fingerprint density at radius 2 is 1.90 bits per heavy atom. The lowest BCUT2D eigenvalue weighted by Crippen LogP contribution is -2.24. The van der Waals surface area contributed by atoms with Gasteiger partial charge in [-0.2, -0.15) is 0 Å². The zero-order chi connectivity index (χ0) is 15.2. The maximum atomic E-state index is 13.6. The summed E-state index contributed by atoms with van der Waals surface area (Å²) in [6, 6.07) is 12.5. The van der Waals surface area contributed by atoms with Crippen LogP contribution in [0.1, 0.15) is 15.9 Å². The summed E-state index contributed by atoms with van der Waals surface area (Å²) in [5, 5.41) is 20.0. The van der Waals surface area contributed by atoms with Gasteiger partial charge in [0.25, 0.3) is 5.91 Å². The number of hydrogen-bond donors (Lipinski definition) is 3. The Bertz CT molecular complexity index is 622. The minimum atomic E-state index is -2.03. The van der Waals surface area contributed by atoms with Crippen LogP contribution >= 0.6 is 0 Å². The lowest BCUT2D eigenvalue weighted by atomic mass is 10.1. The molecule has 0 aliphatic carbocycles. The Morgan fingerprint density at radius 1 is 1.19 bits per heavy atom. The molecule has 5 nitrogen and oxygen atoms in total. The van der Waals surface area contributed by atoms with Crippen molar-refractivity contribution >= 4 is 13.2 Å². The largest absolute Gasteiger partial charge is 0.707 e. The van der Waals surface area contributed by atoms with Crippen molar-refractivity contribution in [2.24, 2.45) is 0 Å². The van der Waals surface area contributed by atoms with E-state index in [2.05, 4.69) is 9.97 Å². The van der Waals surface area contributed by atoms with Crippen molar-refractivity contribution < 1.29 is 23.9 Å². The summed E-state index contributed by atoms with van der Waals surface area (Å²) in [5.74, 6) is -1.36. The van der Waals surface area contributed by atoms with E-state index in [-0.39, 0.29) is 17.9 Å². The van der Waals surface area contributed by atoms with Crippen molar-refractivity contribution in [1.29, 1.82) is 0 Å². The molecule has 0 aliphatic heterocycles. The van der Waals surface area contributed by atoms with E-state index >= 15 is 0 Å². The smallest absolute Gasteiger partial charge is 0.512 e. The summed E-state index contributed by atoms with van der Waals surface area (Å²) >= 11 is 0. The Hall–Kier alpha value is -2.38. The molecule has 0 unspecified atom stereocenters. The SMILES string of the molecule is O=C(NCc1ccccc1)c1cc(OB(O)O)ccc1F. The van der Waals surface area contributed by atoms with E-state index in [0.717, 1.165) is 17.7 Å². The van der Waals surface area contributed by atoms with Crippen molar-refractivity contribution in [3.63, 3.8) is 0 Å². The average Bonchev–Trinajstić information content (AvgIpc) is 2.47. The van der Waals surface area contributed by atoms with E-state index in [0.29, 0.717) is 0 Å². The number of carbonyl (C=O) groups excluding carboxylic acids is 1.